The third kappa shape index (κ3) is 7.50. The standard InChI is InChI=1S/C18H19N3O4.C17H17N3O4/c1-3-25-18(24)13-4-5-14-15(10-13)20-21(19-14)16-9-12(6-7-22)8-11(2)17(16)23;1-10-7-11(5-6-21)8-15(16(10)22)20-18-13-4-3-12(17(23)24-2)9-14(13)19-20/h4-5,8-10,22-23H,3,6-7H2,1-2H3;3-4,7-9,21-22H,5-6H2,1-2H3. The lowest BCUT2D eigenvalue weighted by Crippen LogP contribution is -2.04. The molecule has 14 nitrogen and oxygen atoms in total. The number of phenols is 2. The zero-order valence-electron chi connectivity index (χ0n) is 27.4. The quantitative estimate of drug-likeness (QED) is 0.163. The molecule has 0 radical (unpaired) electrons. The molecule has 0 amide bonds. The number of hydrogen-bond acceptors (Lipinski definition) is 12. The van der Waals surface area contributed by atoms with Crippen LogP contribution in [0, 0.1) is 13.8 Å². The summed E-state index contributed by atoms with van der Waals surface area (Å²) < 4.78 is 9.68. The zero-order chi connectivity index (χ0) is 35.2. The van der Waals surface area contributed by atoms with Crippen molar-refractivity contribution >= 4 is 34.0 Å². The fraction of sp³-hybridized carbons (Fsp3) is 0.257. The number of aryl methyl sites for hydroxylation is 2. The molecule has 2 aromatic heterocycles. The molecule has 0 aliphatic heterocycles. The number of rotatable bonds is 9. The van der Waals surface area contributed by atoms with Crippen LogP contribution in [0.2, 0.25) is 0 Å². The first kappa shape index (κ1) is 34.5. The van der Waals surface area contributed by atoms with Crippen LogP contribution in [-0.2, 0) is 22.3 Å². The molecule has 2 heterocycles. The molecule has 0 saturated heterocycles. The summed E-state index contributed by atoms with van der Waals surface area (Å²) in [5.41, 5.74) is 6.96. The lowest BCUT2D eigenvalue weighted by molar-refractivity contribution is 0.0525. The summed E-state index contributed by atoms with van der Waals surface area (Å²) in [4.78, 5) is 26.1. The number of methoxy groups -OCH3 is 1. The van der Waals surface area contributed by atoms with Gasteiger partial charge in [-0.1, -0.05) is 12.1 Å². The summed E-state index contributed by atoms with van der Waals surface area (Å²) in [6.07, 6.45) is 0.948. The van der Waals surface area contributed by atoms with Crippen LogP contribution in [0.3, 0.4) is 0 Å². The van der Waals surface area contributed by atoms with Crippen LogP contribution in [0.1, 0.15) is 49.9 Å². The molecule has 49 heavy (non-hydrogen) atoms. The van der Waals surface area contributed by atoms with Gasteiger partial charge in [0.1, 0.15) is 44.9 Å². The minimum atomic E-state index is -0.449. The highest BCUT2D eigenvalue weighted by Gasteiger charge is 2.16. The van der Waals surface area contributed by atoms with E-state index in [-0.39, 0.29) is 24.7 Å². The summed E-state index contributed by atoms with van der Waals surface area (Å²) in [5, 5.41) is 56.3. The lowest BCUT2D eigenvalue weighted by atomic mass is 10.1. The van der Waals surface area contributed by atoms with Gasteiger partial charge in [0.15, 0.2) is 0 Å². The Kier molecular flexibility index (Phi) is 10.5. The van der Waals surface area contributed by atoms with Crippen molar-refractivity contribution in [3.8, 4) is 22.9 Å². The topological polar surface area (TPSA) is 195 Å². The Hall–Kier alpha value is -5.86. The Bertz CT molecular complexity index is 2160. The third-order valence-electron chi connectivity index (χ3n) is 7.61. The predicted octanol–water partition coefficient (Wildman–Crippen LogP) is 3.90. The average molecular weight is 669 g/mol. The molecular weight excluding hydrogens is 632 g/mol. The molecule has 4 N–H and O–H groups in total. The molecule has 6 aromatic rings. The molecule has 0 unspecified atom stereocenters. The van der Waals surface area contributed by atoms with E-state index in [0.717, 1.165) is 11.1 Å². The molecule has 0 fully saturated rings. The molecule has 0 aliphatic rings. The van der Waals surface area contributed by atoms with Gasteiger partial charge in [0, 0.05) is 13.2 Å². The smallest absolute Gasteiger partial charge is 0.338 e. The maximum absolute atomic E-state index is 11.8. The summed E-state index contributed by atoms with van der Waals surface area (Å²) in [6.45, 7) is 5.63. The minimum absolute atomic E-state index is 0.0145. The summed E-state index contributed by atoms with van der Waals surface area (Å²) in [7, 11) is 1.32. The molecule has 6 rings (SSSR count). The van der Waals surface area contributed by atoms with Gasteiger partial charge < -0.3 is 29.9 Å². The largest absolute Gasteiger partial charge is 0.505 e. The van der Waals surface area contributed by atoms with Gasteiger partial charge in [0.25, 0.3) is 0 Å². The van der Waals surface area contributed by atoms with Gasteiger partial charge in [-0.2, -0.15) is 0 Å². The Morgan fingerprint density at radius 1 is 0.653 bits per heavy atom. The molecule has 0 spiro atoms. The molecule has 0 bridgehead atoms. The van der Waals surface area contributed by atoms with E-state index in [2.05, 4.69) is 20.4 Å². The number of ether oxygens (including phenoxy) is 2. The van der Waals surface area contributed by atoms with E-state index in [1.165, 1.54) is 16.7 Å². The highest BCUT2D eigenvalue weighted by Crippen LogP contribution is 2.29. The van der Waals surface area contributed by atoms with E-state index < -0.39 is 11.9 Å². The number of phenolic OH excluding ortho intramolecular Hbond substituents is 2. The molecule has 14 heteroatoms. The summed E-state index contributed by atoms with van der Waals surface area (Å²) in [6, 6.07) is 16.9. The molecule has 0 aliphatic carbocycles. The van der Waals surface area contributed by atoms with Crippen LogP contribution >= 0.6 is 0 Å². The maximum atomic E-state index is 11.8. The molecular formula is C35H36N6O8. The Balaban J connectivity index is 0.000000191. The second kappa shape index (κ2) is 14.9. The van der Waals surface area contributed by atoms with E-state index in [9.17, 15) is 19.8 Å². The first-order valence-corrected chi connectivity index (χ1v) is 15.4. The van der Waals surface area contributed by atoms with Crippen molar-refractivity contribution in [1.82, 2.24) is 30.0 Å². The molecule has 254 valence electrons. The number of benzene rings is 4. The number of aromatic nitrogens is 6. The second-order valence-electron chi connectivity index (χ2n) is 11.1. The first-order chi connectivity index (χ1) is 23.6. The van der Waals surface area contributed by atoms with Crippen LogP contribution in [-0.4, -0.2) is 89.3 Å². The van der Waals surface area contributed by atoms with E-state index in [1.807, 2.05) is 12.1 Å². The van der Waals surface area contributed by atoms with Gasteiger partial charge in [0.2, 0.25) is 0 Å². The van der Waals surface area contributed by atoms with E-state index in [4.69, 9.17) is 19.7 Å². The number of carbonyl (C=O) groups is 2. The van der Waals surface area contributed by atoms with Crippen molar-refractivity contribution < 1.29 is 39.5 Å². The van der Waals surface area contributed by atoms with Gasteiger partial charge in [-0.05, 0) is 104 Å². The van der Waals surface area contributed by atoms with Crippen molar-refractivity contribution in [3.05, 3.63) is 94.0 Å². The molecule has 0 atom stereocenters. The highest BCUT2D eigenvalue weighted by atomic mass is 16.5. The number of aliphatic hydroxyl groups excluding tert-OH is 2. The number of aromatic hydroxyl groups is 2. The van der Waals surface area contributed by atoms with Gasteiger partial charge in [0.05, 0.1) is 24.8 Å². The normalized spacial score (nSPS) is 11.0. The molecule has 4 aromatic carbocycles. The average Bonchev–Trinajstić information content (AvgIpc) is 3.72. The maximum Gasteiger partial charge on any atom is 0.338 e. The first-order valence-electron chi connectivity index (χ1n) is 15.4. The zero-order valence-corrected chi connectivity index (χ0v) is 27.4. The monoisotopic (exact) mass is 668 g/mol. The number of hydrogen-bond donors (Lipinski definition) is 4. The van der Waals surface area contributed by atoms with Crippen molar-refractivity contribution in [3.63, 3.8) is 0 Å². The van der Waals surface area contributed by atoms with Crippen LogP contribution in [0.25, 0.3) is 33.4 Å². The van der Waals surface area contributed by atoms with Crippen LogP contribution in [0.5, 0.6) is 11.5 Å². The Labute approximate surface area is 280 Å². The number of fused-ring (bicyclic) bond motifs is 2. The van der Waals surface area contributed by atoms with Crippen LogP contribution < -0.4 is 0 Å². The fourth-order valence-electron chi connectivity index (χ4n) is 5.15. The van der Waals surface area contributed by atoms with E-state index in [0.29, 0.717) is 75.1 Å². The fourth-order valence-corrected chi connectivity index (χ4v) is 5.15. The highest BCUT2D eigenvalue weighted by molar-refractivity contribution is 5.94. The van der Waals surface area contributed by atoms with Gasteiger partial charge in [-0.15, -0.1) is 30.0 Å². The minimum Gasteiger partial charge on any atom is -0.505 e. The molecule has 0 saturated carbocycles. The predicted molar refractivity (Wildman–Crippen MR) is 179 cm³/mol. The second-order valence-corrected chi connectivity index (χ2v) is 11.1. The summed E-state index contributed by atoms with van der Waals surface area (Å²) >= 11 is 0. The number of carbonyl (C=O) groups excluding carboxylic acids is 2. The van der Waals surface area contributed by atoms with Crippen LogP contribution in [0.4, 0.5) is 0 Å². The van der Waals surface area contributed by atoms with Crippen molar-refractivity contribution in [2.24, 2.45) is 0 Å². The number of esters is 2. The lowest BCUT2D eigenvalue weighted by Gasteiger charge is -2.09. The van der Waals surface area contributed by atoms with Crippen molar-refractivity contribution in [1.29, 1.82) is 0 Å². The third-order valence-corrected chi connectivity index (χ3v) is 7.61. The number of nitrogens with zero attached hydrogens (tertiary/aromatic N) is 6. The van der Waals surface area contributed by atoms with E-state index in [1.54, 1.807) is 69.3 Å². The number of aliphatic hydroxyl groups is 2. The Morgan fingerprint density at radius 3 is 1.49 bits per heavy atom. The van der Waals surface area contributed by atoms with Gasteiger partial charge >= 0.3 is 11.9 Å². The van der Waals surface area contributed by atoms with E-state index >= 15 is 0 Å². The summed E-state index contributed by atoms with van der Waals surface area (Å²) in [5.74, 6) is -0.713. The van der Waals surface area contributed by atoms with Crippen molar-refractivity contribution in [2.75, 3.05) is 26.9 Å². The van der Waals surface area contributed by atoms with Crippen molar-refractivity contribution in [2.45, 2.75) is 33.6 Å². The Morgan fingerprint density at radius 2 is 1.08 bits per heavy atom. The van der Waals surface area contributed by atoms with Gasteiger partial charge in [-0.3, -0.25) is 0 Å². The van der Waals surface area contributed by atoms with Crippen LogP contribution in [0.15, 0.2) is 60.7 Å². The SMILES string of the molecule is CCOC(=O)c1ccc2nn(-c3cc(CCO)cc(C)c3O)nc2c1.COC(=O)c1ccc2nn(-c3cc(CCO)cc(C)c3O)nc2c1. The van der Waals surface area contributed by atoms with Gasteiger partial charge in [-0.25, -0.2) is 9.59 Å².